The van der Waals surface area contributed by atoms with E-state index in [0.717, 1.165) is 12.0 Å². The summed E-state index contributed by atoms with van der Waals surface area (Å²) in [4.78, 5) is 2.67. The molecule has 0 heterocycles. The van der Waals surface area contributed by atoms with Gasteiger partial charge in [-0.05, 0) is 32.6 Å². The summed E-state index contributed by atoms with van der Waals surface area (Å²) in [5.41, 5.74) is 0. The van der Waals surface area contributed by atoms with Crippen molar-refractivity contribution >= 4 is 0 Å². The zero-order valence-electron chi connectivity index (χ0n) is 11.0. The molecule has 0 saturated heterocycles. The van der Waals surface area contributed by atoms with Gasteiger partial charge in [0.25, 0.3) is 0 Å². The first-order valence-corrected chi connectivity index (χ1v) is 6.28. The monoisotopic (exact) mass is 199 g/mol. The maximum absolute atomic E-state index is 2.67. The average molecular weight is 199 g/mol. The van der Waals surface area contributed by atoms with E-state index >= 15 is 0 Å². The number of rotatable bonds is 7. The van der Waals surface area contributed by atoms with Crippen LogP contribution < -0.4 is 0 Å². The van der Waals surface area contributed by atoms with Gasteiger partial charge in [-0.3, -0.25) is 4.90 Å². The lowest BCUT2D eigenvalue weighted by atomic mass is 10.0. The van der Waals surface area contributed by atoms with Crippen LogP contribution >= 0.6 is 0 Å². The summed E-state index contributed by atoms with van der Waals surface area (Å²) < 4.78 is 0. The summed E-state index contributed by atoms with van der Waals surface area (Å²) in [7, 11) is 0. The normalized spacial score (nSPS) is 14.4. The zero-order chi connectivity index (χ0) is 11.1. The molecule has 1 heteroatoms. The van der Waals surface area contributed by atoms with Crippen molar-refractivity contribution in [3.63, 3.8) is 0 Å². The van der Waals surface area contributed by atoms with E-state index in [9.17, 15) is 0 Å². The fourth-order valence-electron chi connectivity index (χ4n) is 2.14. The first-order valence-electron chi connectivity index (χ1n) is 6.28. The summed E-state index contributed by atoms with van der Waals surface area (Å²) >= 11 is 0. The van der Waals surface area contributed by atoms with E-state index in [1.165, 1.54) is 25.8 Å². The molecule has 1 atom stereocenters. The molecule has 0 aromatic rings. The third-order valence-corrected chi connectivity index (χ3v) is 2.80. The second-order valence-corrected chi connectivity index (χ2v) is 5.04. The van der Waals surface area contributed by atoms with E-state index in [-0.39, 0.29) is 0 Å². The molecule has 0 aliphatic heterocycles. The summed E-state index contributed by atoms with van der Waals surface area (Å²) in [6.45, 7) is 15.1. The molecular weight excluding hydrogens is 170 g/mol. The van der Waals surface area contributed by atoms with Crippen molar-refractivity contribution < 1.29 is 0 Å². The quantitative estimate of drug-likeness (QED) is 0.600. The van der Waals surface area contributed by atoms with Crippen LogP contribution in [0.3, 0.4) is 0 Å². The van der Waals surface area contributed by atoms with Crippen LogP contribution in [0.2, 0.25) is 0 Å². The maximum Gasteiger partial charge on any atom is 0.00953 e. The highest BCUT2D eigenvalue weighted by atomic mass is 15.2. The van der Waals surface area contributed by atoms with Crippen LogP contribution in [0.1, 0.15) is 60.8 Å². The van der Waals surface area contributed by atoms with Gasteiger partial charge < -0.3 is 0 Å². The molecule has 0 aliphatic carbocycles. The van der Waals surface area contributed by atoms with Crippen molar-refractivity contribution in [3.8, 4) is 0 Å². The molecule has 0 fully saturated rings. The maximum atomic E-state index is 2.67. The molecular formula is C13H29N. The lowest BCUT2D eigenvalue weighted by molar-refractivity contribution is 0.123. The van der Waals surface area contributed by atoms with Crippen LogP contribution in [0.25, 0.3) is 0 Å². The molecule has 0 saturated carbocycles. The molecule has 14 heavy (non-hydrogen) atoms. The van der Waals surface area contributed by atoms with Crippen LogP contribution in [0.5, 0.6) is 0 Å². The number of nitrogens with zero attached hydrogens (tertiary/aromatic N) is 1. The van der Waals surface area contributed by atoms with E-state index in [1.807, 2.05) is 0 Å². The predicted molar refractivity (Wildman–Crippen MR) is 65.7 cm³/mol. The fraction of sp³-hybridized carbons (Fsp3) is 1.00. The van der Waals surface area contributed by atoms with Crippen molar-refractivity contribution in [3.05, 3.63) is 0 Å². The molecule has 0 unspecified atom stereocenters. The fourth-order valence-corrected chi connectivity index (χ4v) is 2.14. The first-order chi connectivity index (χ1) is 6.52. The molecule has 86 valence electrons. The minimum Gasteiger partial charge on any atom is -0.298 e. The van der Waals surface area contributed by atoms with Gasteiger partial charge in [-0.2, -0.15) is 0 Å². The molecule has 0 amide bonds. The van der Waals surface area contributed by atoms with Gasteiger partial charge in [0, 0.05) is 18.6 Å². The zero-order valence-corrected chi connectivity index (χ0v) is 11.0. The summed E-state index contributed by atoms with van der Waals surface area (Å²) in [5.74, 6) is 0.781. The van der Waals surface area contributed by atoms with Crippen LogP contribution in [0.4, 0.5) is 0 Å². The second-order valence-electron chi connectivity index (χ2n) is 5.04. The van der Waals surface area contributed by atoms with Gasteiger partial charge in [-0.15, -0.1) is 0 Å². The smallest absolute Gasteiger partial charge is 0.00953 e. The molecule has 1 nitrogen and oxygen atoms in total. The Hall–Kier alpha value is -0.0400. The minimum absolute atomic E-state index is 0.689. The van der Waals surface area contributed by atoms with Crippen LogP contribution in [-0.2, 0) is 0 Å². The van der Waals surface area contributed by atoms with Crippen LogP contribution in [0, 0.1) is 5.92 Å². The van der Waals surface area contributed by atoms with Crippen molar-refractivity contribution in [2.45, 2.75) is 72.9 Å². The third-order valence-electron chi connectivity index (χ3n) is 2.80. The summed E-state index contributed by atoms with van der Waals surface area (Å²) in [6, 6.07) is 1.48. The highest BCUT2D eigenvalue weighted by Gasteiger charge is 2.19. The molecule has 0 aliphatic rings. The van der Waals surface area contributed by atoms with Crippen molar-refractivity contribution in [2.24, 2.45) is 5.92 Å². The van der Waals surface area contributed by atoms with E-state index < -0.39 is 0 Å². The lowest BCUT2D eigenvalue weighted by Crippen LogP contribution is -2.42. The Labute approximate surface area is 90.9 Å². The highest BCUT2D eigenvalue weighted by molar-refractivity contribution is 4.74. The van der Waals surface area contributed by atoms with Gasteiger partial charge in [0.1, 0.15) is 0 Å². The summed E-state index contributed by atoms with van der Waals surface area (Å²) in [5, 5.41) is 0. The number of hydrogen-bond donors (Lipinski definition) is 0. The molecule has 0 aromatic heterocycles. The molecule has 0 N–H and O–H groups in total. The molecule has 0 rings (SSSR count). The number of hydrogen-bond acceptors (Lipinski definition) is 1. The third kappa shape index (κ3) is 4.99. The topological polar surface area (TPSA) is 3.24 Å². The second kappa shape index (κ2) is 7.28. The van der Waals surface area contributed by atoms with Gasteiger partial charge in [0.2, 0.25) is 0 Å². The Morgan fingerprint density at radius 3 is 1.86 bits per heavy atom. The standard InChI is InChI=1S/C13H29N/c1-7-9-13(8-2)14(12(5)6)10-11(3)4/h11-13H,7-10H2,1-6H3/t13-/m1/s1. The van der Waals surface area contributed by atoms with Crippen molar-refractivity contribution in [1.29, 1.82) is 0 Å². The molecule has 0 radical (unpaired) electrons. The highest BCUT2D eigenvalue weighted by Crippen LogP contribution is 2.16. The molecule has 0 aromatic carbocycles. The van der Waals surface area contributed by atoms with Gasteiger partial charge in [0.05, 0.1) is 0 Å². The molecule has 0 bridgehead atoms. The van der Waals surface area contributed by atoms with E-state index in [2.05, 4.69) is 46.4 Å². The Bertz CT molecular complexity index is 129. The average Bonchev–Trinajstić information content (AvgIpc) is 2.10. The SMILES string of the molecule is CCC[C@@H](CC)N(CC(C)C)C(C)C. The Kier molecular flexibility index (Phi) is 7.26. The summed E-state index contributed by atoms with van der Waals surface area (Å²) in [6.07, 6.45) is 3.94. The van der Waals surface area contributed by atoms with E-state index in [4.69, 9.17) is 0 Å². The van der Waals surface area contributed by atoms with Gasteiger partial charge in [0.15, 0.2) is 0 Å². The first kappa shape index (κ1) is 14.0. The van der Waals surface area contributed by atoms with Crippen molar-refractivity contribution in [2.75, 3.05) is 6.54 Å². The van der Waals surface area contributed by atoms with Gasteiger partial charge in [-0.1, -0.05) is 34.1 Å². The predicted octanol–water partition coefficient (Wildman–Crippen LogP) is 3.93. The minimum atomic E-state index is 0.689. The lowest BCUT2D eigenvalue weighted by Gasteiger charge is -2.35. The molecule has 0 spiro atoms. The Morgan fingerprint density at radius 1 is 1.00 bits per heavy atom. The van der Waals surface area contributed by atoms with Gasteiger partial charge in [-0.25, -0.2) is 0 Å². The van der Waals surface area contributed by atoms with Gasteiger partial charge >= 0.3 is 0 Å². The van der Waals surface area contributed by atoms with E-state index in [1.54, 1.807) is 0 Å². The van der Waals surface area contributed by atoms with Crippen LogP contribution in [0.15, 0.2) is 0 Å². The van der Waals surface area contributed by atoms with Crippen LogP contribution in [-0.4, -0.2) is 23.5 Å². The Balaban J connectivity index is 4.27. The Morgan fingerprint density at radius 2 is 1.57 bits per heavy atom. The van der Waals surface area contributed by atoms with E-state index in [0.29, 0.717) is 6.04 Å². The largest absolute Gasteiger partial charge is 0.298 e. The van der Waals surface area contributed by atoms with Crippen molar-refractivity contribution in [1.82, 2.24) is 4.90 Å².